The van der Waals surface area contributed by atoms with Gasteiger partial charge in [-0.1, -0.05) is 17.7 Å². The summed E-state index contributed by atoms with van der Waals surface area (Å²) in [5, 5.41) is 11.8. The molecule has 0 aliphatic heterocycles. The number of nitro groups is 1. The molecule has 1 heterocycles. The summed E-state index contributed by atoms with van der Waals surface area (Å²) in [6, 6.07) is 9.68. The number of fused-ring (bicyclic) bond motifs is 1. The molecule has 132 valence electrons. The molecular weight excluding hydrogens is 362 g/mol. The summed E-state index contributed by atoms with van der Waals surface area (Å²) in [5.41, 5.74) is 0.749. The smallest absolute Gasteiger partial charge is 0.338 e. The molecule has 0 amide bonds. The Morgan fingerprint density at radius 1 is 1.27 bits per heavy atom. The highest BCUT2D eigenvalue weighted by Gasteiger charge is 2.14. The monoisotopic (exact) mass is 373 g/mol. The number of nitrogens with zero attached hydrogens (tertiary/aromatic N) is 1. The Balaban J connectivity index is 1.89. The predicted octanol–water partition coefficient (Wildman–Crippen LogP) is 4.02. The highest BCUT2D eigenvalue weighted by atomic mass is 35.5. The summed E-state index contributed by atoms with van der Waals surface area (Å²) in [4.78, 5) is 34.1. The van der Waals surface area contributed by atoms with Crippen molar-refractivity contribution in [3.63, 3.8) is 0 Å². The van der Waals surface area contributed by atoms with Gasteiger partial charge in [-0.3, -0.25) is 10.1 Å². The molecule has 7 nitrogen and oxygen atoms in total. The lowest BCUT2D eigenvalue weighted by Crippen LogP contribution is -2.08. The molecule has 26 heavy (non-hydrogen) atoms. The van der Waals surface area contributed by atoms with Crippen LogP contribution >= 0.6 is 11.6 Å². The minimum atomic E-state index is -0.742. The summed E-state index contributed by atoms with van der Waals surface area (Å²) >= 11 is 6.11. The van der Waals surface area contributed by atoms with E-state index in [1.165, 1.54) is 24.3 Å². The summed E-state index contributed by atoms with van der Waals surface area (Å²) in [5.74, 6) is -0.742. The third-order valence-corrected chi connectivity index (χ3v) is 4.17. The summed E-state index contributed by atoms with van der Waals surface area (Å²) in [7, 11) is 0. The highest BCUT2D eigenvalue weighted by Crippen LogP contribution is 2.25. The Labute approximate surface area is 151 Å². The molecule has 0 fully saturated rings. The zero-order valence-electron chi connectivity index (χ0n) is 13.5. The largest absolute Gasteiger partial charge is 0.457 e. The number of carbonyl (C=O) groups excluding carboxylic acids is 1. The normalized spacial score (nSPS) is 10.7. The number of esters is 1. The molecule has 0 unspecified atom stereocenters. The van der Waals surface area contributed by atoms with E-state index in [0.717, 1.165) is 11.6 Å². The van der Waals surface area contributed by atoms with Gasteiger partial charge in [0, 0.05) is 34.2 Å². The Bertz CT molecular complexity index is 1090. The number of halogens is 1. The van der Waals surface area contributed by atoms with Crippen molar-refractivity contribution in [2.45, 2.75) is 13.5 Å². The average Bonchev–Trinajstić information content (AvgIpc) is 2.61. The molecule has 0 saturated heterocycles. The zero-order chi connectivity index (χ0) is 18.8. The maximum absolute atomic E-state index is 12.2. The SMILES string of the molecule is Cc1cc2oc(=O)cc(COC(=O)c3cccc([N+](=O)[O-])c3)c2cc1Cl. The second-order valence-electron chi connectivity index (χ2n) is 5.57. The number of nitro benzene ring substituents is 1. The number of non-ortho nitro benzene ring substituents is 1. The Hall–Kier alpha value is -3.19. The number of ether oxygens (including phenoxy) is 1. The molecule has 8 heteroatoms. The molecule has 0 bridgehead atoms. The standard InChI is InChI=1S/C18H12ClNO6/c1-10-5-16-14(8-15(10)19)12(7-17(21)26-16)9-25-18(22)11-3-2-4-13(6-11)20(23)24/h2-8H,9H2,1H3. The number of benzene rings is 2. The Morgan fingerprint density at radius 3 is 2.77 bits per heavy atom. The fourth-order valence-corrected chi connectivity index (χ4v) is 2.60. The van der Waals surface area contributed by atoms with Crippen molar-refractivity contribution in [2.75, 3.05) is 0 Å². The molecule has 0 atom stereocenters. The topological polar surface area (TPSA) is 99.7 Å². The summed E-state index contributed by atoms with van der Waals surface area (Å²) in [6.07, 6.45) is 0. The molecule has 1 aromatic heterocycles. The van der Waals surface area contributed by atoms with Gasteiger partial charge in [-0.15, -0.1) is 0 Å². The van der Waals surface area contributed by atoms with Crippen molar-refractivity contribution < 1.29 is 18.9 Å². The van der Waals surface area contributed by atoms with Crippen LogP contribution in [-0.2, 0) is 11.3 Å². The van der Waals surface area contributed by atoms with Gasteiger partial charge in [0.15, 0.2) is 0 Å². The quantitative estimate of drug-likeness (QED) is 0.296. The minimum absolute atomic E-state index is 0.0420. The van der Waals surface area contributed by atoms with E-state index in [4.69, 9.17) is 20.8 Å². The lowest BCUT2D eigenvalue weighted by Gasteiger charge is -2.08. The molecule has 0 aliphatic carbocycles. The van der Waals surface area contributed by atoms with Crippen molar-refractivity contribution in [3.05, 3.63) is 84.7 Å². The van der Waals surface area contributed by atoms with Crippen LogP contribution < -0.4 is 5.63 Å². The van der Waals surface area contributed by atoms with Gasteiger partial charge in [-0.2, -0.15) is 0 Å². The molecule has 0 saturated carbocycles. The van der Waals surface area contributed by atoms with Crippen molar-refractivity contribution >= 4 is 34.2 Å². The van der Waals surface area contributed by atoms with E-state index >= 15 is 0 Å². The van der Waals surface area contributed by atoms with Crippen LogP contribution in [0.1, 0.15) is 21.5 Å². The van der Waals surface area contributed by atoms with Gasteiger partial charge >= 0.3 is 11.6 Å². The van der Waals surface area contributed by atoms with Crippen LogP contribution in [0.2, 0.25) is 5.02 Å². The minimum Gasteiger partial charge on any atom is -0.457 e. The average molecular weight is 374 g/mol. The number of aryl methyl sites for hydroxylation is 1. The van der Waals surface area contributed by atoms with Gasteiger partial charge in [0.1, 0.15) is 12.2 Å². The molecule has 0 N–H and O–H groups in total. The number of hydrogen-bond acceptors (Lipinski definition) is 6. The number of carbonyl (C=O) groups is 1. The molecule has 3 rings (SSSR count). The van der Waals surface area contributed by atoms with Crippen LogP contribution in [0.25, 0.3) is 11.0 Å². The van der Waals surface area contributed by atoms with Crippen LogP contribution in [0.15, 0.2) is 51.7 Å². The van der Waals surface area contributed by atoms with E-state index in [0.29, 0.717) is 21.6 Å². The van der Waals surface area contributed by atoms with Gasteiger partial charge in [0.2, 0.25) is 0 Å². The second-order valence-corrected chi connectivity index (χ2v) is 5.98. The third kappa shape index (κ3) is 3.57. The third-order valence-electron chi connectivity index (χ3n) is 3.76. The second kappa shape index (κ2) is 6.97. The fraction of sp³-hybridized carbons (Fsp3) is 0.111. The van der Waals surface area contributed by atoms with Crippen molar-refractivity contribution in [2.24, 2.45) is 0 Å². The molecule has 0 radical (unpaired) electrons. The maximum Gasteiger partial charge on any atom is 0.338 e. The van der Waals surface area contributed by atoms with Gasteiger partial charge in [-0.25, -0.2) is 9.59 Å². The highest BCUT2D eigenvalue weighted by molar-refractivity contribution is 6.32. The first-order valence-electron chi connectivity index (χ1n) is 7.49. The predicted molar refractivity (Wildman–Crippen MR) is 94.4 cm³/mol. The summed E-state index contributed by atoms with van der Waals surface area (Å²) < 4.78 is 10.3. The first-order chi connectivity index (χ1) is 12.3. The maximum atomic E-state index is 12.2. The van der Waals surface area contributed by atoms with Crippen molar-refractivity contribution in [3.8, 4) is 0 Å². The number of hydrogen-bond donors (Lipinski definition) is 0. The molecule has 2 aromatic carbocycles. The van der Waals surface area contributed by atoms with Crippen LogP contribution in [0, 0.1) is 17.0 Å². The van der Waals surface area contributed by atoms with E-state index in [9.17, 15) is 19.7 Å². The zero-order valence-corrected chi connectivity index (χ0v) is 14.3. The fourth-order valence-electron chi connectivity index (χ4n) is 2.44. The van der Waals surface area contributed by atoms with Crippen LogP contribution in [0.5, 0.6) is 0 Å². The first-order valence-corrected chi connectivity index (χ1v) is 7.87. The van der Waals surface area contributed by atoms with E-state index in [2.05, 4.69) is 0 Å². The van der Waals surface area contributed by atoms with E-state index in [1.54, 1.807) is 19.1 Å². The van der Waals surface area contributed by atoms with Crippen LogP contribution in [0.3, 0.4) is 0 Å². The summed E-state index contributed by atoms with van der Waals surface area (Å²) in [6.45, 7) is 1.57. The van der Waals surface area contributed by atoms with Crippen molar-refractivity contribution in [1.29, 1.82) is 0 Å². The molecular formula is C18H12ClNO6. The van der Waals surface area contributed by atoms with Gasteiger partial charge in [-0.05, 0) is 30.7 Å². The molecule has 0 spiro atoms. The Morgan fingerprint density at radius 2 is 2.04 bits per heavy atom. The first kappa shape index (κ1) is 17.6. The van der Waals surface area contributed by atoms with E-state index in [-0.39, 0.29) is 17.9 Å². The van der Waals surface area contributed by atoms with Gasteiger partial charge in [0.25, 0.3) is 5.69 Å². The van der Waals surface area contributed by atoms with Gasteiger partial charge < -0.3 is 9.15 Å². The lowest BCUT2D eigenvalue weighted by atomic mass is 10.1. The van der Waals surface area contributed by atoms with Crippen LogP contribution in [-0.4, -0.2) is 10.9 Å². The molecule has 0 aliphatic rings. The van der Waals surface area contributed by atoms with E-state index < -0.39 is 16.5 Å². The number of rotatable bonds is 4. The van der Waals surface area contributed by atoms with Crippen LogP contribution in [0.4, 0.5) is 5.69 Å². The van der Waals surface area contributed by atoms with E-state index in [1.807, 2.05) is 0 Å². The molecule has 3 aromatic rings. The van der Waals surface area contributed by atoms with Crippen molar-refractivity contribution in [1.82, 2.24) is 0 Å². The van der Waals surface area contributed by atoms with Gasteiger partial charge in [0.05, 0.1) is 10.5 Å². The Kier molecular flexibility index (Phi) is 4.73. The lowest BCUT2D eigenvalue weighted by molar-refractivity contribution is -0.384.